The second-order valence-electron chi connectivity index (χ2n) is 12.6. The fourth-order valence-corrected chi connectivity index (χ4v) is 9.07. The third-order valence-electron chi connectivity index (χ3n) is 11.2. The quantitative estimate of drug-likeness (QED) is 0.351. The number of nitriles is 1. The number of rotatable bonds is 6. The Hall–Kier alpha value is -2.22. The van der Waals surface area contributed by atoms with Crippen molar-refractivity contribution in [1.82, 2.24) is 0 Å². The van der Waals surface area contributed by atoms with Gasteiger partial charge in [-0.1, -0.05) is 43.7 Å². The fourth-order valence-electron chi connectivity index (χ4n) is 9.07. The number of aliphatic hydroxyl groups is 1. The van der Waals surface area contributed by atoms with Gasteiger partial charge in [-0.25, -0.2) is 0 Å². The Labute approximate surface area is 216 Å². The molecule has 36 heavy (non-hydrogen) atoms. The number of allylic oxidation sites excluding steroid dienone is 2. The van der Waals surface area contributed by atoms with E-state index in [2.05, 4.69) is 32.6 Å². The van der Waals surface area contributed by atoms with E-state index in [-0.39, 0.29) is 16.2 Å². The molecule has 0 aliphatic heterocycles. The van der Waals surface area contributed by atoms with Crippen molar-refractivity contribution in [3.63, 3.8) is 0 Å². The average Bonchev–Trinajstić information content (AvgIpc) is 3.17. The number of nitrogens with zero attached hydrogens (tertiary/aromatic N) is 1. The molecule has 1 N–H and O–H groups in total. The van der Waals surface area contributed by atoms with E-state index in [1.54, 1.807) is 12.1 Å². The monoisotopic (exact) mass is 487 g/mol. The van der Waals surface area contributed by atoms with Crippen LogP contribution in [-0.4, -0.2) is 16.7 Å². The summed E-state index contributed by atoms with van der Waals surface area (Å²) in [6, 6.07) is 9.51. The molecule has 1 aromatic carbocycles. The normalized spacial score (nSPS) is 41.3. The molecule has 192 valence electrons. The second kappa shape index (κ2) is 8.96. The highest BCUT2D eigenvalue weighted by Gasteiger charge is 2.65. The van der Waals surface area contributed by atoms with Gasteiger partial charge in [0.05, 0.1) is 18.2 Å². The van der Waals surface area contributed by atoms with Crippen LogP contribution in [0, 0.1) is 45.3 Å². The Bertz CT molecular complexity index is 1120. The highest BCUT2D eigenvalue weighted by molar-refractivity contribution is 5.84. The summed E-state index contributed by atoms with van der Waals surface area (Å²) in [6.07, 6.45) is 12.8. The molecule has 0 radical (unpaired) electrons. The van der Waals surface area contributed by atoms with Gasteiger partial charge in [-0.05, 0) is 98.1 Å². The molecule has 4 nitrogen and oxygen atoms in total. The average molecular weight is 488 g/mol. The molecule has 0 amide bonds. The Morgan fingerprint density at radius 1 is 1.17 bits per heavy atom. The van der Waals surface area contributed by atoms with Crippen molar-refractivity contribution < 1.29 is 14.6 Å². The molecule has 0 heterocycles. The van der Waals surface area contributed by atoms with E-state index in [1.807, 2.05) is 25.1 Å². The van der Waals surface area contributed by atoms with Crippen molar-refractivity contribution in [3.05, 3.63) is 59.7 Å². The second-order valence-corrected chi connectivity index (χ2v) is 12.6. The molecule has 0 bridgehead atoms. The minimum Gasteiger partial charge on any atom is -0.365 e. The molecule has 4 aliphatic carbocycles. The Balaban J connectivity index is 1.34. The highest BCUT2D eigenvalue weighted by Crippen LogP contribution is 2.70. The molecule has 5 rings (SSSR count). The first-order valence-corrected chi connectivity index (χ1v) is 13.8. The van der Waals surface area contributed by atoms with Crippen molar-refractivity contribution in [2.45, 2.75) is 91.0 Å². The summed E-state index contributed by atoms with van der Waals surface area (Å²) < 4.78 is 6.11. The van der Waals surface area contributed by atoms with Gasteiger partial charge in [0, 0.05) is 18.3 Å². The van der Waals surface area contributed by atoms with Crippen LogP contribution in [0.5, 0.6) is 0 Å². The predicted octanol–water partition coefficient (Wildman–Crippen LogP) is 6.88. The van der Waals surface area contributed by atoms with Crippen molar-refractivity contribution >= 4 is 5.78 Å². The summed E-state index contributed by atoms with van der Waals surface area (Å²) in [7, 11) is 0. The predicted molar refractivity (Wildman–Crippen MR) is 141 cm³/mol. The van der Waals surface area contributed by atoms with E-state index >= 15 is 0 Å². The first-order valence-electron chi connectivity index (χ1n) is 13.8. The summed E-state index contributed by atoms with van der Waals surface area (Å²) in [6.45, 7) is 11.0. The van der Waals surface area contributed by atoms with Gasteiger partial charge >= 0.3 is 0 Å². The maximum absolute atomic E-state index is 13.0. The number of carbonyl (C=O) groups excluding carboxylic acids is 1. The van der Waals surface area contributed by atoms with Crippen LogP contribution in [0.4, 0.5) is 0 Å². The van der Waals surface area contributed by atoms with Crippen molar-refractivity contribution in [1.29, 1.82) is 5.26 Å². The maximum atomic E-state index is 13.0. The van der Waals surface area contributed by atoms with Crippen LogP contribution in [-0.2, 0) is 16.1 Å². The van der Waals surface area contributed by atoms with E-state index in [0.717, 1.165) is 50.5 Å². The summed E-state index contributed by atoms with van der Waals surface area (Å²) in [5.41, 5.74) is 2.85. The number of ether oxygens (including phenoxy) is 1. The van der Waals surface area contributed by atoms with E-state index < -0.39 is 5.79 Å². The molecule has 4 heteroatoms. The zero-order chi connectivity index (χ0) is 25.8. The number of hydrogen-bond acceptors (Lipinski definition) is 4. The van der Waals surface area contributed by atoms with Crippen molar-refractivity contribution in [2.75, 3.05) is 0 Å². The number of Topliss-reactive ketones (excluding diaryl/α,β-unsaturated/α-hetero) is 1. The zero-order valence-corrected chi connectivity index (χ0v) is 22.2. The number of carbonyl (C=O) groups is 1. The van der Waals surface area contributed by atoms with Crippen LogP contribution < -0.4 is 0 Å². The van der Waals surface area contributed by atoms with Crippen LogP contribution in [0.25, 0.3) is 0 Å². The lowest BCUT2D eigenvalue weighted by Crippen LogP contribution is -2.55. The topological polar surface area (TPSA) is 70.3 Å². The third kappa shape index (κ3) is 3.74. The number of fused-ring (bicyclic) bond motifs is 5. The van der Waals surface area contributed by atoms with Crippen LogP contribution in [0.15, 0.2) is 48.6 Å². The molecule has 3 unspecified atom stereocenters. The molecule has 3 fully saturated rings. The first kappa shape index (κ1) is 25.4. The summed E-state index contributed by atoms with van der Waals surface area (Å²) in [5.74, 6) is 0.991. The molecule has 4 aliphatic rings. The lowest BCUT2D eigenvalue weighted by atomic mass is 9.45. The van der Waals surface area contributed by atoms with Crippen LogP contribution >= 0.6 is 0 Å². The Kier molecular flexibility index (Phi) is 6.33. The van der Waals surface area contributed by atoms with Gasteiger partial charge in [0.1, 0.15) is 5.78 Å². The standard InChI is InChI=1S/C32H41NO3/c1-5-14-31(22(2)34)16-13-28-26-11-10-25-19-32(35,36-21-24-8-6-23(20-33)7-9-24)18-17-29(25,3)27(26)12-15-30(28,31)4/h5-10,26-28,35H,1,11-19,21H2,2-4H3/t26?,27?,28?,29-,30-,31-,32-/m0/s1. The zero-order valence-electron chi connectivity index (χ0n) is 22.2. The summed E-state index contributed by atoms with van der Waals surface area (Å²) >= 11 is 0. The molecule has 7 atom stereocenters. The third-order valence-corrected chi connectivity index (χ3v) is 11.2. The molecule has 0 aromatic heterocycles. The minimum atomic E-state index is -1.14. The molecular formula is C32H41NO3. The smallest absolute Gasteiger partial charge is 0.169 e. The maximum Gasteiger partial charge on any atom is 0.169 e. The fraction of sp³-hybridized carbons (Fsp3) is 0.625. The number of hydrogen-bond donors (Lipinski definition) is 1. The molecule has 0 saturated heterocycles. The largest absolute Gasteiger partial charge is 0.365 e. The molecule has 0 spiro atoms. The van der Waals surface area contributed by atoms with E-state index in [1.165, 1.54) is 5.57 Å². The highest BCUT2D eigenvalue weighted by atomic mass is 16.6. The van der Waals surface area contributed by atoms with E-state index in [0.29, 0.717) is 48.5 Å². The Morgan fingerprint density at radius 2 is 1.89 bits per heavy atom. The van der Waals surface area contributed by atoms with Crippen LogP contribution in [0.3, 0.4) is 0 Å². The first-order chi connectivity index (χ1) is 17.1. The van der Waals surface area contributed by atoms with Gasteiger partial charge in [-0.15, -0.1) is 6.58 Å². The van der Waals surface area contributed by atoms with Crippen LogP contribution in [0.2, 0.25) is 0 Å². The van der Waals surface area contributed by atoms with Gasteiger partial charge in [0.2, 0.25) is 0 Å². The van der Waals surface area contributed by atoms with Gasteiger partial charge in [-0.2, -0.15) is 5.26 Å². The van der Waals surface area contributed by atoms with Gasteiger partial charge in [0.25, 0.3) is 0 Å². The van der Waals surface area contributed by atoms with Gasteiger partial charge in [0.15, 0.2) is 5.79 Å². The number of benzene rings is 1. The molecular weight excluding hydrogens is 446 g/mol. The lowest BCUT2D eigenvalue weighted by molar-refractivity contribution is -0.231. The van der Waals surface area contributed by atoms with Gasteiger partial charge < -0.3 is 9.84 Å². The van der Waals surface area contributed by atoms with E-state index in [9.17, 15) is 9.90 Å². The Morgan fingerprint density at radius 3 is 2.56 bits per heavy atom. The summed E-state index contributed by atoms with van der Waals surface area (Å²) in [4.78, 5) is 13.0. The molecule has 1 aromatic rings. The van der Waals surface area contributed by atoms with Crippen molar-refractivity contribution in [3.8, 4) is 6.07 Å². The summed E-state index contributed by atoms with van der Waals surface area (Å²) in [5, 5.41) is 20.4. The minimum absolute atomic E-state index is 0.0511. The SMILES string of the molecule is C=CC[C@@]1(C(C)=O)CCC2C3CC=C4C[C@@](O)(OCc5ccc(C#N)cc5)CC[C@]4(C)C3CC[C@@]21C. The van der Waals surface area contributed by atoms with E-state index in [4.69, 9.17) is 10.00 Å². The number of ketones is 1. The molecule has 3 saturated carbocycles. The van der Waals surface area contributed by atoms with Crippen molar-refractivity contribution in [2.24, 2.45) is 34.0 Å². The van der Waals surface area contributed by atoms with Crippen LogP contribution in [0.1, 0.15) is 89.7 Å². The lowest BCUT2D eigenvalue weighted by Gasteiger charge is -2.60. The van der Waals surface area contributed by atoms with Gasteiger partial charge in [-0.3, -0.25) is 4.79 Å².